The van der Waals surface area contributed by atoms with Gasteiger partial charge in [-0.1, -0.05) is 24.6 Å². The molecule has 0 bridgehead atoms. The van der Waals surface area contributed by atoms with Crippen LogP contribution >= 0.6 is 24.0 Å². The number of rotatable bonds is 9. The van der Waals surface area contributed by atoms with Crippen molar-refractivity contribution in [3.63, 3.8) is 0 Å². The Morgan fingerprint density at radius 3 is 2.64 bits per heavy atom. The van der Waals surface area contributed by atoms with Crippen LogP contribution in [0.1, 0.15) is 60.5 Å². The molecule has 1 saturated carbocycles. The standard InChI is InChI=1S/C25H35N5O2.HI/c1-3-27-25(28-15-14-19-8-7-9-21(16-19)24(31)26-2)30-18-20-12-13-23(29-17-20)32-22-10-5-4-6-11-22;/h7-9,12-13,16-17,22H,3-6,10-11,14-15,18H2,1-2H3,(H,26,31)(H2,27,28,30);1H. The molecule has 180 valence electrons. The van der Waals surface area contributed by atoms with Crippen molar-refractivity contribution in [2.24, 2.45) is 4.99 Å². The third-order valence-electron chi connectivity index (χ3n) is 5.52. The van der Waals surface area contributed by atoms with Crippen LogP contribution in [0.4, 0.5) is 0 Å². The molecule has 1 aromatic heterocycles. The lowest BCUT2D eigenvalue weighted by Gasteiger charge is -2.22. The maximum absolute atomic E-state index is 11.8. The number of benzene rings is 1. The van der Waals surface area contributed by atoms with E-state index in [0.29, 0.717) is 24.1 Å². The summed E-state index contributed by atoms with van der Waals surface area (Å²) >= 11 is 0. The second-order valence-corrected chi connectivity index (χ2v) is 8.03. The monoisotopic (exact) mass is 565 g/mol. The summed E-state index contributed by atoms with van der Waals surface area (Å²) in [6.45, 7) is 4.08. The zero-order chi connectivity index (χ0) is 22.6. The number of aliphatic imine (C=N–C) groups is 1. The number of guanidine groups is 1. The highest BCUT2D eigenvalue weighted by atomic mass is 127. The Kier molecular flexibility index (Phi) is 12.0. The lowest BCUT2D eigenvalue weighted by molar-refractivity contribution is 0.0963. The van der Waals surface area contributed by atoms with Crippen molar-refractivity contribution < 1.29 is 9.53 Å². The number of nitrogens with zero attached hydrogens (tertiary/aromatic N) is 2. The van der Waals surface area contributed by atoms with E-state index >= 15 is 0 Å². The van der Waals surface area contributed by atoms with Gasteiger partial charge in [-0.25, -0.2) is 9.98 Å². The number of pyridine rings is 1. The summed E-state index contributed by atoms with van der Waals surface area (Å²) in [5, 5.41) is 9.29. The van der Waals surface area contributed by atoms with Crippen molar-refractivity contribution in [1.29, 1.82) is 0 Å². The zero-order valence-electron chi connectivity index (χ0n) is 19.6. The van der Waals surface area contributed by atoms with E-state index in [2.05, 4.69) is 25.9 Å². The van der Waals surface area contributed by atoms with Gasteiger partial charge in [-0.3, -0.25) is 4.79 Å². The van der Waals surface area contributed by atoms with Gasteiger partial charge in [0, 0.05) is 38.0 Å². The van der Waals surface area contributed by atoms with Crippen LogP contribution in [-0.4, -0.2) is 43.1 Å². The first kappa shape index (κ1) is 26.9. The number of nitrogens with one attached hydrogen (secondary N) is 3. The van der Waals surface area contributed by atoms with E-state index < -0.39 is 0 Å². The lowest BCUT2D eigenvalue weighted by Crippen LogP contribution is -2.38. The van der Waals surface area contributed by atoms with Gasteiger partial charge in [-0.2, -0.15) is 0 Å². The van der Waals surface area contributed by atoms with Crippen LogP contribution < -0.4 is 20.7 Å². The molecule has 0 aliphatic heterocycles. The highest BCUT2D eigenvalue weighted by Gasteiger charge is 2.15. The topological polar surface area (TPSA) is 87.6 Å². The van der Waals surface area contributed by atoms with Gasteiger partial charge in [-0.05, 0) is 62.3 Å². The smallest absolute Gasteiger partial charge is 0.251 e. The summed E-state index contributed by atoms with van der Waals surface area (Å²) in [4.78, 5) is 20.9. The number of aromatic nitrogens is 1. The molecule has 7 nitrogen and oxygen atoms in total. The van der Waals surface area contributed by atoms with Crippen molar-refractivity contribution in [2.45, 2.75) is 58.1 Å². The van der Waals surface area contributed by atoms with E-state index in [9.17, 15) is 4.79 Å². The average Bonchev–Trinajstić information content (AvgIpc) is 2.84. The summed E-state index contributed by atoms with van der Waals surface area (Å²) in [5.41, 5.74) is 2.82. The number of ether oxygens (including phenoxy) is 1. The molecule has 8 heteroatoms. The number of amides is 1. The highest BCUT2D eigenvalue weighted by Crippen LogP contribution is 2.22. The summed E-state index contributed by atoms with van der Waals surface area (Å²) in [6.07, 6.45) is 9.01. The van der Waals surface area contributed by atoms with E-state index in [1.165, 1.54) is 19.3 Å². The fourth-order valence-corrected chi connectivity index (χ4v) is 3.78. The molecule has 0 atom stereocenters. The van der Waals surface area contributed by atoms with Crippen LogP contribution in [0.5, 0.6) is 5.88 Å². The minimum Gasteiger partial charge on any atom is -0.474 e. The number of hydrogen-bond acceptors (Lipinski definition) is 4. The van der Waals surface area contributed by atoms with E-state index in [4.69, 9.17) is 4.74 Å². The van der Waals surface area contributed by atoms with Crippen LogP contribution in [0.25, 0.3) is 0 Å². The van der Waals surface area contributed by atoms with Crippen LogP contribution in [-0.2, 0) is 13.0 Å². The molecule has 33 heavy (non-hydrogen) atoms. The summed E-state index contributed by atoms with van der Waals surface area (Å²) in [6, 6.07) is 11.7. The largest absolute Gasteiger partial charge is 0.474 e. The van der Waals surface area contributed by atoms with Crippen molar-refractivity contribution in [2.75, 3.05) is 20.1 Å². The Bertz CT molecular complexity index is 883. The minimum atomic E-state index is -0.0709. The lowest BCUT2D eigenvalue weighted by atomic mass is 9.98. The molecule has 2 aromatic rings. The molecular weight excluding hydrogens is 529 g/mol. The quantitative estimate of drug-likeness (QED) is 0.243. The molecule has 0 spiro atoms. The van der Waals surface area contributed by atoms with Crippen LogP contribution in [0, 0.1) is 0 Å². The third kappa shape index (κ3) is 9.19. The van der Waals surface area contributed by atoms with Gasteiger partial charge in [0.25, 0.3) is 5.91 Å². The summed E-state index contributed by atoms with van der Waals surface area (Å²) in [5.74, 6) is 1.39. The number of hydrogen-bond donors (Lipinski definition) is 3. The number of halogens is 1. The van der Waals surface area contributed by atoms with Crippen LogP contribution in [0.2, 0.25) is 0 Å². The first-order valence-corrected chi connectivity index (χ1v) is 11.6. The Balaban J connectivity index is 0.00000385. The maximum atomic E-state index is 11.8. The summed E-state index contributed by atoms with van der Waals surface area (Å²) in [7, 11) is 1.64. The average molecular weight is 566 g/mol. The molecule has 3 N–H and O–H groups in total. The Morgan fingerprint density at radius 2 is 1.94 bits per heavy atom. The van der Waals surface area contributed by atoms with Gasteiger partial charge < -0.3 is 20.7 Å². The Labute approximate surface area is 214 Å². The second-order valence-electron chi connectivity index (χ2n) is 8.03. The molecule has 1 heterocycles. The predicted octanol–water partition coefficient (Wildman–Crippen LogP) is 4.07. The predicted molar refractivity (Wildman–Crippen MR) is 144 cm³/mol. The van der Waals surface area contributed by atoms with Gasteiger partial charge in [-0.15, -0.1) is 24.0 Å². The van der Waals surface area contributed by atoms with E-state index in [0.717, 1.165) is 49.4 Å². The van der Waals surface area contributed by atoms with Gasteiger partial charge in [0.05, 0.1) is 6.54 Å². The molecule has 1 fully saturated rings. The van der Waals surface area contributed by atoms with E-state index in [1.807, 2.05) is 49.5 Å². The number of carbonyl (C=O) groups excluding carboxylic acids is 1. The van der Waals surface area contributed by atoms with Crippen molar-refractivity contribution >= 4 is 35.8 Å². The third-order valence-corrected chi connectivity index (χ3v) is 5.52. The molecule has 1 amide bonds. The Hall–Kier alpha value is -2.36. The van der Waals surface area contributed by atoms with Crippen LogP contribution in [0.3, 0.4) is 0 Å². The van der Waals surface area contributed by atoms with Gasteiger partial charge in [0.15, 0.2) is 5.96 Å². The second kappa shape index (κ2) is 14.7. The highest BCUT2D eigenvalue weighted by molar-refractivity contribution is 14.0. The molecule has 0 saturated heterocycles. The SMILES string of the molecule is CCNC(=NCc1ccc(OC2CCCCC2)nc1)NCCc1cccc(C(=O)NC)c1.I. The van der Waals surface area contributed by atoms with Crippen molar-refractivity contribution in [3.05, 3.63) is 59.3 Å². The van der Waals surface area contributed by atoms with Crippen LogP contribution in [0.15, 0.2) is 47.6 Å². The molecule has 1 aliphatic carbocycles. The summed E-state index contributed by atoms with van der Waals surface area (Å²) < 4.78 is 6.00. The molecule has 0 unspecified atom stereocenters. The molecular formula is C25H36IN5O2. The van der Waals surface area contributed by atoms with Gasteiger partial charge in [0.2, 0.25) is 5.88 Å². The molecule has 3 rings (SSSR count). The van der Waals surface area contributed by atoms with Gasteiger partial charge in [0.1, 0.15) is 6.10 Å². The molecule has 1 aromatic carbocycles. The van der Waals surface area contributed by atoms with E-state index in [-0.39, 0.29) is 29.9 Å². The van der Waals surface area contributed by atoms with Crippen molar-refractivity contribution in [1.82, 2.24) is 20.9 Å². The molecule has 1 aliphatic rings. The fraction of sp³-hybridized carbons (Fsp3) is 0.480. The minimum absolute atomic E-state index is 0. The zero-order valence-corrected chi connectivity index (χ0v) is 21.9. The maximum Gasteiger partial charge on any atom is 0.251 e. The number of carbonyl (C=O) groups is 1. The van der Waals surface area contributed by atoms with Gasteiger partial charge >= 0.3 is 0 Å². The Morgan fingerprint density at radius 1 is 1.12 bits per heavy atom. The first-order valence-electron chi connectivity index (χ1n) is 11.6. The van der Waals surface area contributed by atoms with E-state index in [1.54, 1.807) is 7.05 Å². The fourth-order valence-electron chi connectivity index (χ4n) is 3.78. The molecule has 0 radical (unpaired) electrons. The normalized spacial score (nSPS) is 14.2. The van der Waals surface area contributed by atoms with Crippen molar-refractivity contribution in [3.8, 4) is 5.88 Å². The first-order chi connectivity index (χ1) is 15.7.